The number of sulfonamides is 1. The van der Waals surface area contributed by atoms with Gasteiger partial charge in [-0.3, -0.25) is 9.52 Å². The minimum absolute atomic E-state index is 0.0327. The van der Waals surface area contributed by atoms with Gasteiger partial charge in [0.2, 0.25) is 0 Å². The molecular weight excluding hydrogens is 420 g/mol. The number of hydrogen-bond donors (Lipinski definition) is 1. The molecule has 1 heterocycles. The third kappa shape index (κ3) is 4.27. The fourth-order valence-electron chi connectivity index (χ4n) is 4.04. The second-order valence-electron chi connectivity index (χ2n) is 8.07. The molecular formula is C26H24N2O3S. The Kier molecular flexibility index (Phi) is 5.57. The smallest absolute Gasteiger partial charge is 0.263 e. The number of carbonyl (C=O) groups is 1. The highest BCUT2D eigenvalue weighted by molar-refractivity contribution is 7.92. The topological polar surface area (TPSA) is 76.1 Å². The van der Waals surface area contributed by atoms with Gasteiger partial charge in [-0.05, 0) is 74.2 Å². The van der Waals surface area contributed by atoms with Crippen LogP contribution >= 0.6 is 0 Å². The summed E-state index contributed by atoms with van der Waals surface area (Å²) in [7, 11) is -3.76. The lowest BCUT2D eigenvalue weighted by atomic mass is 10.0. The second kappa shape index (κ2) is 8.20. The Morgan fingerprint density at radius 1 is 0.812 bits per heavy atom. The molecule has 0 unspecified atom stereocenters. The molecule has 0 amide bonds. The summed E-state index contributed by atoms with van der Waals surface area (Å²) in [5, 5.41) is 0.892. The fourth-order valence-corrected chi connectivity index (χ4v) is 5.50. The number of nitrogens with one attached hydrogen (secondary N) is 1. The number of fused-ring (bicyclic) bond motifs is 1. The summed E-state index contributed by atoms with van der Waals surface area (Å²) >= 11 is 0. The number of aryl methyl sites for hydroxylation is 3. The van der Waals surface area contributed by atoms with Gasteiger partial charge in [0.15, 0.2) is 5.78 Å². The summed E-state index contributed by atoms with van der Waals surface area (Å²) in [4.78, 5) is 16.3. The van der Waals surface area contributed by atoms with Crippen molar-refractivity contribution in [3.05, 3.63) is 89.0 Å². The molecule has 4 aromatic rings. The van der Waals surface area contributed by atoms with E-state index in [1.165, 1.54) is 0 Å². The minimum Gasteiger partial charge on any atom is -0.295 e. The third-order valence-corrected chi connectivity index (χ3v) is 7.09. The van der Waals surface area contributed by atoms with Gasteiger partial charge in [-0.2, -0.15) is 0 Å². The number of carbonyl (C=O) groups excluding carboxylic acids is 1. The highest BCUT2D eigenvalue weighted by atomic mass is 32.2. The quantitative estimate of drug-likeness (QED) is 0.393. The lowest BCUT2D eigenvalue weighted by molar-refractivity contribution is 0.101. The fraction of sp³-hybridized carbons (Fsp3) is 0.154. The molecule has 0 spiro atoms. The van der Waals surface area contributed by atoms with Crippen molar-refractivity contribution in [1.29, 1.82) is 0 Å². The van der Waals surface area contributed by atoms with Gasteiger partial charge in [0.25, 0.3) is 10.0 Å². The van der Waals surface area contributed by atoms with Crippen molar-refractivity contribution >= 4 is 32.5 Å². The Balaban J connectivity index is 1.65. The van der Waals surface area contributed by atoms with Crippen LogP contribution in [-0.4, -0.2) is 19.2 Å². The molecule has 4 rings (SSSR count). The number of rotatable bonds is 5. The van der Waals surface area contributed by atoms with Gasteiger partial charge < -0.3 is 0 Å². The van der Waals surface area contributed by atoms with E-state index >= 15 is 0 Å². The Bertz CT molecular complexity index is 1430. The van der Waals surface area contributed by atoms with Crippen molar-refractivity contribution in [2.75, 3.05) is 4.72 Å². The van der Waals surface area contributed by atoms with Crippen LogP contribution in [0.1, 0.15) is 34.0 Å². The Hall–Kier alpha value is -3.51. The molecule has 0 saturated heterocycles. The van der Waals surface area contributed by atoms with Crippen LogP contribution in [-0.2, 0) is 10.0 Å². The molecule has 0 atom stereocenters. The van der Waals surface area contributed by atoms with E-state index in [1.54, 1.807) is 26.8 Å². The molecule has 5 nitrogen and oxygen atoms in total. The van der Waals surface area contributed by atoms with Crippen LogP contribution in [0.4, 0.5) is 5.82 Å². The zero-order chi connectivity index (χ0) is 23.0. The zero-order valence-electron chi connectivity index (χ0n) is 18.4. The highest BCUT2D eigenvalue weighted by Gasteiger charge is 2.20. The van der Waals surface area contributed by atoms with Crippen LogP contribution in [0.3, 0.4) is 0 Å². The van der Waals surface area contributed by atoms with Crippen molar-refractivity contribution in [2.24, 2.45) is 0 Å². The van der Waals surface area contributed by atoms with Crippen LogP contribution in [0, 0.1) is 20.8 Å². The van der Waals surface area contributed by atoms with Gasteiger partial charge >= 0.3 is 0 Å². The van der Waals surface area contributed by atoms with Gasteiger partial charge in [0.1, 0.15) is 5.82 Å². The maximum absolute atomic E-state index is 13.0. The molecule has 32 heavy (non-hydrogen) atoms. The molecule has 0 fully saturated rings. The largest absolute Gasteiger partial charge is 0.295 e. The average molecular weight is 445 g/mol. The Labute approximate surface area is 188 Å². The molecule has 0 aliphatic heterocycles. The standard InChI is InChI=1S/C26H24N2O3S/c1-16-13-17(2)26(18(3)14-16)32(30,31)28-25-12-10-23-15-22(9-11-24(23)27-25)21-7-5-20(6-8-21)19(4)29/h5-15H,1-4H3,(H,27,28). The monoisotopic (exact) mass is 444 g/mol. The van der Waals surface area contributed by atoms with Gasteiger partial charge in [-0.15, -0.1) is 0 Å². The van der Waals surface area contributed by atoms with Crippen LogP contribution in [0.2, 0.25) is 0 Å². The maximum atomic E-state index is 13.0. The molecule has 162 valence electrons. The predicted molar refractivity (Wildman–Crippen MR) is 129 cm³/mol. The molecule has 0 aliphatic rings. The van der Waals surface area contributed by atoms with Crippen LogP contribution in [0.15, 0.2) is 71.6 Å². The minimum atomic E-state index is -3.76. The molecule has 0 aliphatic carbocycles. The molecule has 0 radical (unpaired) electrons. The van der Waals surface area contributed by atoms with E-state index in [4.69, 9.17) is 0 Å². The Morgan fingerprint density at radius 3 is 2.06 bits per heavy atom. The van der Waals surface area contributed by atoms with Crippen molar-refractivity contribution < 1.29 is 13.2 Å². The van der Waals surface area contributed by atoms with E-state index in [1.807, 2.05) is 67.6 Å². The summed E-state index contributed by atoms with van der Waals surface area (Å²) in [6.07, 6.45) is 0. The van der Waals surface area contributed by atoms with Crippen molar-refractivity contribution in [3.63, 3.8) is 0 Å². The Morgan fingerprint density at radius 2 is 1.44 bits per heavy atom. The molecule has 6 heteroatoms. The number of nitrogens with zero attached hydrogens (tertiary/aromatic N) is 1. The number of hydrogen-bond acceptors (Lipinski definition) is 4. The normalized spacial score (nSPS) is 11.5. The molecule has 1 N–H and O–H groups in total. The molecule has 1 aromatic heterocycles. The lowest BCUT2D eigenvalue weighted by Gasteiger charge is -2.14. The third-order valence-electron chi connectivity index (χ3n) is 5.43. The number of pyridine rings is 1. The van der Waals surface area contributed by atoms with Gasteiger partial charge in [0.05, 0.1) is 10.4 Å². The van der Waals surface area contributed by atoms with E-state index in [9.17, 15) is 13.2 Å². The van der Waals surface area contributed by atoms with Crippen molar-refractivity contribution in [2.45, 2.75) is 32.6 Å². The van der Waals surface area contributed by atoms with E-state index in [0.29, 0.717) is 22.2 Å². The SMILES string of the molecule is CC(=O)c1ccc(-c2ccc3nc(NS(=O)(=O)c4c(C)cc(C)cc4C)ccc3c2)cc1. The predicted octanol–water partition coefficient (Wildman–Crippen LogP) is 5.83. The second-order valence-corrected chi connectivity index (χ2v) is 9.69. The number of aromatic nitrogens is 1. The van der Waals surface area contributed by atoms with Crippen LogP contribution in [0.25, 0.3) is 22.0 Å². The van der Waals surface area contributed by atoms with Gasteiger partial charge in [-0.1, -0.05) is 48.0 Å². The first kappa shape index (κ1) is 21.7. The first-order chi connectivity index (χ1) is 15.1. The summed E-state index contributed by atoms with van der Waals surface area (Å²) in [5.74, 6) is 0.306. The summed E-state index contributed by atoms with van der Waals surface area (Å²) in [6.45, 7) is 7.09. The van der Waals surface area contributed by atoms with Gasteiger partial charge in [-0.25, -0.2) is 13.4 Å². The zero-order valence-corrected chi connectivity index (χ0v) is 19.2. The summed E-state index contributed by atoms with van der Waals surface area (Å²) in [6, 6.07) is 20.5. The maximum Gasteiger partial charge on any atom is 0.263 e. The highest BCUT2D eigenvalue weighted by Crippen LogP contribution is 2.27. The van der Waals surface area contributed by atoms with Gasteiger partial charge in [0, 0.05) is 10.9 Å². The number of Topliss-reactive ketones (excluding diaryl/α,β-unsaturated/α-hetero) is 1. The van der Waals surface area contributed by atoms with Crippen LogP contribution < -0.4 is 4.72 Å². The molecule has 0 saturated carbocycles. The number of ketones is 1. The molecule has 3 aromatic carbocycles. The van der Waals surface area contributed by atoms with E-state index in [2.05, 4.69) is 9.71 Å². The number of anilines is 1. The van der Waals surface area contributed by atoms with Crippen molar-refractivity contribution in [1.82, 2.24) is 4.98 Å². The summed E-state index contributed by atoms with van der Waals surface area (Å²) in [5.41, 5.74) is 5.78. The van der Waals surface area contributed by atoms with Crippen LogP contribution in [0.5, 0.6) is 0 Å². The van der Waals surface area contributed by atoms with E-state index in [0.717, 1.165) is 22.1 Å². The number of benzene rings is 3. The first-order valence-electron chi connectivity index (χ1n) is 10.3. The van der Waals surface area contributed by atoms with E-state index < -0.39 is 10.0 Å². The van der Waals surface area contributed by atoms with E-state index in [-0.39, 0.29) is 16.5 Å². The average Bonchev–Trinajstić information content (AvgIpc) is 2.72. The van der Waals surface area contributed by atoms with Crippen molar-refractivity contribution in [3.8, 4) is 11.1 Å². The lowest BCUT2D eigenvalue weighted by Crippen LogP contribution is -2.16. The first-order valence-corrected chi connectivity index (χ1v) is 11.8. The summed E-state index contributed by atoms with van der Waals surface area (Å²) < 4.78 is 28.7. The molecule has 0 bridgehead atoms.